The highest BCUT2D eigenvalue weighted by molar-refractivity contribution is 8.02. The first kappa shape index (κ1) is 25.5. The molecule has 1 saturated heterocycles. The number of carbonyl (C=O) groups excluding carboxylic acids is 2. The number of nitrogens with one attached hydrogen (secondary N) is 1. The van der Waals surface area contributed by atoms with E-state index >= 15 is 0 Å². The fourth-order valence-electron chi connectivity index (χ4n) is 5.10. The third-order valence-electron chi connectivity index (χ3n) is 6.84. The zero-order chi connectivity index (χ0) is 25.5. The van der Waals surface area contributed by atoms with Crippen LogP contribution in [0.2, 0.25) is 0 Å². The van der Waals surface area contributed by atoms with Crippen molar-refractivity contribution in [2.45, 2.75) is 33.0 Å². The van der Waals surface area contributed by atoms with E-state index in [4.69, 9.17) is 0 Å². The number of likely N-dealkylation sites (tertiary alicyclic amines) is 1. The molecule has 0 bridgehead atoms. The number of alkyl halides is 3. The number of allylic oxidation sites excluding steroid dienone is 1. The molecule has 3 heterocycles. The summed E-state index contributed by atoms with van der Waals surface area (Å²) in [6.07, 6.45) is -0.449. The third kappa shape index (κ3) is 5.18. The van der Waals surface area contributed by atoms with Gasteiger partial charge in [0.1, 0.15) is 0 Å². The third-order valence-corrected chi connectivity index (χ3v) is 7.72. The Morgan fingerprint density at radius 1 is 1.26 bits per heavy atom. The number of aromatic nitrogens is 1. The van der Waals surface area contributed by atoms with E-state index in [0.717, 1.165) is 21.5 Å². The number of para-hydroxylation sites is 1. The van der Waals surface area contributed by atoms with Crippen LogP contribution in [0.4, 0.5) is 13.2 Å². The van der Waals surface area contributed by atoms with Crippen molar-refractivity contribution in [3.63, 3.8) is 0 Å². The number of nitrogens with zero attached hydrogens (tertiary/aromatic N) is 3. The molecule has 1 aromatic carbocycles. The summed E-state index contributed by atoms with van der Waals surface area (Å²) < 4.78 is 40.2. The SMILES string of the molecule is CSC1=CC(C)=NC(=O)C1CNC(=O)c1c(C)n([C@H](C)C2CN(CC(F)(F)F)C2)c2ccccc12. The van der Waals surface area contributed by atoms with E-state index in [1.54, 1.807) is 6.92 Å². The van der Waals surface area contributed by atoms with Crippen LogP contribution >= 0.6 is 11.8 Å². The van der Waals surface area contributed by atoms with E-state index in [0.29, 0.717) is 24.4 Å². The molecular formula is C25H29F3N4O2S. The first-order valence-electron chi connectivity index (χ1n) is 11.5. The van der Waals surface area contributed by atoms with Gasteiger partial charge in [-0.15, -0.1) is 11.8 Å². The molecule has 0 radical (unpaired) electrons. The van der Waals surface area contributed by atoms with Crippen molar-refractivity contribution in [2.24, 2.45) is 16.8 Å². The molecule has 2 aromatic rings. The first-order chi connectivity index (χ1) is 16.5. The lowest BCUT2D eigenvalue weighted by molar-refractivity contribution is -0.160. The topological polar surface area (TPSA) is 66.7 Å². The second-order valence-electron chi connectivity index (χ2n) is 9.26. The van der Waals surface area contributed by atoms with Crippen molar-refractivity contribution in [1.82, 2.24) is 14.8 Å². The van der Waals surface area contributed by atoms with Gasteiger partial charge >= 0.3 is 6.18 Å². The van der Waals surface area contributed by atoms with Gasteiger partial charge < -0.3 is 9.88 Å². The number of fused-ring (bicyclic) bond motifs is 1. The number of aliphatic imine (C=N–C) groups is 1. The highest BCUT2D eigenvalue weighted by Gasteiger charge is 2.40. The van der Waals surface area contributed by atoms with Crippen LogP contribution < -0.4 is 5.32 Å². The van der Waals surface area contributed by atoms with Crippen molar-refractivity contribution in [3.05, 3.63) is 46.5 Å². The lowest BCUT2D eigenvalue weighted by Crippen LogP contribution is -2.52. The van der Waals surface area contributed by atoms with Crippen LogP contribution in [-0.2, 0) is 4.79 Å². The Hall–Kier alpha value is -2.59. The van der Waals surface area contributed by atoms with Gasteiger partial charge in [-0.1, -0.05) is 18.2 Å². The molecule has 1 fully saturated rings. The van der Waals surface area contributed by atoms with E-state index in [1.807, 2.05) is 50.4 Å². The fourth-order valence-corrected chi connectivity index (χ4v) is 5.85. The first-order valence-corrected chi connectivity index (χ1v) is 12.7. The molecule has 2 aliphatic heterocycles. The van der Waals surface area contributed by atoms with Crippen LogP contribution in [0.15, 0.2) is 40.2 Å². The molecule has 1 unspecified atom stereocenters. The second-order valence-corrected chi connectivity index (χ2v) is 10.1. The largest absolute Gasteiger partial charge is 0.401 e. The van der Waals surface area contributed by atoms with Gasteiger partial charge in [-0.3, -0.25) is 14.5 Å². The van der Waals surface area contributed by atoms with Crippen LogP contribution in [0, 0.1) is 18.8 Å². The Bertz CT molecular complexity index is 1210. The summed E-state index contributed by atoms with van der Waals surface area (Å²) in [5, 5.41) is 3.71. The van der Waals surface area contributed by atoms with Gasteiger partial charge in [0.05, 0.1) is 18.0 Å². The van der Waals surface area contributed by atoms with Crippen LogP contribution in [0.3, 0.4) is 0 Å². The molecule has 1 aromatic heterocycles. The van der Waals surface area contributed by atoms with Crippen molar-refractivity contribution in [1.29, 1.82) is 0 Å². The minimum atomic E-state index is -4.20. The molecule has 188 valence electrons. The molecule has 4 rings (SSSR count). The monoisotopic (exact) mass is 506 g/mol. The summed E-state index contributed by atoms with van der Waals surface area (Å²) in [5.41, 5.74) is 2.81. The Morgan fingerprint density at radius 3 is 2.60 bits per heavy atom. The predicted octanol–water partition coefficient (Wildman–Crippen LogP) is 4.60. The summed E-state index contributed by atoms with van der Waals surface area (Å²) in [5.74, 6) is -1.01. The van der Waals surface area contributed by atoms with Crippen LogP contribution in [0.1, 0.15) is 35.9 Å². The number of dihydropyridines is 1. The molecule has 0 aliphatic carbocycles. The highest BCUT2D eigenvalue weighted by atomic mass is 32.2. The van der Waals surface area contributed by atoms with Crippen molar-refractivity contribution in [3.8, 4) is 0 Å². The number of hydrogen-bond acceptors (Lipinski definition) is 4. The zero-order valence-electron chi connectivity index (χ0n) is 20.1. The molecule has 2 atom stereocenters. The molecule has 2 amide bonds. The van der Waals surface area contributed by atoms with Gasteiger partial charge in [0.2, 0.25) is 0 Å². The average Bonchev–Trinajstić information content (AvgIpc) is 3.05. The van der Waals surface area contributed by atoms with Crippen molar-refractivity contribution in [2.75, 3.05) is 32.4 Å². The molecule has 35 heavy (non-hydrogen) atoms. The van der Waals surface area contributed by atoms with Crippen LogP contribution in [-0.4, -0.2) is 65.6 Å². The van der Waals surface area contributed by atoms with E-state index in [9.17, 15) is 22.8 Å². The van der Waals surface area contributed by atoms with E-state index in [2.05, 4.69) is 14.9 Å². The number of rotatable bonds is 7. The summed E-state index contributed by atoms with van der Waals surface area (Å²) >= 11 is 1.47. The maximum Gasteiger partial charge on any atom is 0.401 e. The normalized spacial score (nSPS) is 20.4. The highest BCUT2D eigenvalue weighted by Crippen LogP contribution is 2.36. The molecule has 0 saturated carbocycles. The number of amides is 2. The molecule has 6 nitrogen and oxygen atoms in total. The Kier molecular flexibility index (Phi) is 7.15. The lowest BCUT2D eigenvalue weighted by Gasteiger charge is -2.43. The van der Waals surface area contributed by atoms with E-state index in [-0.39, 0.29) is 30.3 Å². The summed E-state index contributed by atoms with van der Waals surface area (Å²) in [6.45, 7) is 5.60. The van der Waals surface area contributed by atoms with Crippen molar-refractivity contribution < 1.29 is 22.8 Å². The van der Waals surface area contributed by atoms with Gasteiger partial charge in [-0.2, -0.15) is 13.2 Å². The van der Waals surface area contributed by atoms with Crippen molar-refractivity contribution >= 4 is 40.2 Å². The van der Waals surface area contributed by atoms with Gasteiger partial charge in [0.15, 0.2) is 0 Å². The van der Waals surface area contributed by atoms with Gasteiger partial charge in [-0.05, 0) is 39.2 Å². The molecule has 10 heteroatoms. The summed E-state index contributed by atoms with van der Waals surface area (Å²) in [7, 11) is 0. The van der Waals surface area contributed by atoms with E-state index < -0.39 is 18.6 Å². The summed E-state index contributed by atoms with van der Waals surface area (Å²) in [6, 6.07) is 7.48. The minimum absolute atomic E-state index is 0.0537. The quantitative estimate of drug-likeness (QED) is 0.596. The second kappa shape index (κ2) is 9.81. The fraction of sp³-hybridized carbons (Fsp3) is 0.480. The number of benzene rings is 1. The molecule has 1 N–H and O–H groups in total. The van der Waals surface area contributed by atoms with Gasteiger partial charge in [-0.25, -0.2) is 4.99 Å². The number of halogens is 3. The lowest BCUT2D eigenvalue weighted by atomic mass is 9.92. The van der Waals surface area contributed by atoms with Gasteiger partial charge in [0, 0.05) is 58.8 Å². The number of carbonyl (C=O) groups is 2. The maximum absolute atomic E-state index is 13.4. The number of thioether (sulfide) groups is 1. The predicted molar refractivity (Wildman–Crippen MR) is 133 cm³/mol. The number of hydrogen-bond donors (Lipinski definition) is 1. The van der Waals surface area contributed by atoms with E-state index in [1.165, 1.54) is 16.7 Å². The molecule has 2 aliphatic rings. The Balaban J connectivity index is 1.55. The molecular weight excluding hydrogens is 477 g/mol. The Morgan fingerprint density at radius 2 is 1.94 bits per heavy atom. The van der Waals surface area contributed by atoms with Gasteiger partial charge in [0.25, 0.3) is 11.8 Å². The zero-order valence-corrected chi connectivity index (χ0v) is 21.0. The van der Waals surface area contributed by atoms with Crippen LogP contribution in [0.25, 0.3) is 10.9 Å². The maximum atomic E-state index is 13.4. The smallest absolute Gasteiger partial charge is 0.351 e. The Labute approximate surface area is 206 Å². The standard InChI is InChI=1S/C25H29F3N4O2S/c1-14-9-21(35-4)19(23(33)30-14)10-29-24(34)22-16(3)32(20-8-6-5-7-18(20)22)15(2)17-11-31(12-17)13-25(26,27)28/h5-9,15,17,19H,10-13H2,1-4H3,(H,29,34)/t15-,19?/m1/s1. The van der Waals surface area contributed by atoms with Crippen LogP contribution in [0.5, 0.6) is 0 Å². The summed E-state index contributed by atoms with van der Waals surface area (Å²) in [4.78, 5) is 32.1. The average molecular weight is 507 g/mol. The minimum Gasteiger partial charge on any atom is -0.351 e. The molecule has 0 spiro atoms.